The zero-order valence-corrected chi connectivity index (χ0v) is 17.9. The number of ether oxygens (including phenoxy) is 1. The highest BCUT2D eigenvalue weighted by molar-refractivity contribution is 7.10. The molecule has 1 fully saturated rings. The van der Waals surface area contributed by atoms with Gasteiger partial charge in [0.05, 0.1) is 13.2 Å². The normalized spacial score (nSPS) is 16.8. The maximum absolute atomic E-state index is 12.9. The zero-order chi connectivity index (χ0) is 20.4. The molecule has 3 aromatic rings. The van der Waals surface area contributed by atoms with Crippen molar-refractivity contribution in [2.75, 3.05) is 46.9 Å². The summed E-state index contributed by atoms with van der Waals surface area (Å²) in [6.07, 6.45) is 0. The molecule has 29 heavy (non-hydrogen) atoms. The first-order chi connectivity index (χ1) is 14.1. The van der Waals surface area contributed by atoms with E-state index in [2.05, 4.69) is 39.7 Å². The van der Waals surface area contributed by atoms with Gasteiger partial charge in [0.15, 0.2) is 5.76 Å². The number of nitrogens with zero attached hydrogens (tertiary/aromatic N) is 2. The highest BCUT2D eigenvalue weighted by Gasteiger charge is 2.26. The number of fused-ring (bicyclic) bond motifs is 1. The number of likely N-dealkylation sites (N-methyl/N-ethyl adjacent to an activating group) is 1. The predicted octanol–water partition coefficient (Wildman–Crippen LogP) is 3.53. The zero-order valence-electron chi connectivity index (χ0n) is 17.1. The van der Waals surface area contributed by atoms with Crippen molar-refractivity contribution in [1.82, 2.24) is 15.1 Å². The number of amides is 1. The number of benzene rings is 1. The van der Waals surface area contributed by atoms with E-state index in [9.17, 15) is 4.79 Å². The van der Waals surface area contributed by atoms with E-state index in [-0.39, 0.29) is 11.9 Å². The van der Waals surface area contributed by atoms with Gasteiger partial charge in [-0.2, -0.15) is 0 Å². The third-order valence-corrected chi connectivity index (χ3v) is 6.63. The minimum absolute atomic E-state index is 0.173. The van der Waals surface area contributed by atoms with Crippen LogP contribution in [0.5, 0.6) is 5.75 Å². The molecule has 3 heterocycles. The van der Waals surface area contributed by atoms with Crippen LogP contribution in [0, 0.1) is 6.92 Å². The van der Waals surface area contributed by atoms with E-state index >= 15 is 0 Å². The van der Waals surface area contributed by atoms with Crippen molar-refractivity contribution in [3.8, 4) is 5.75 Å². The van der Waals surface area contributed by atoms with Crippen LogP contribution in [0.1, 0.15) is 27.0 Å². The lowest BCUT2D eigenvalue weighted by atomic mass is 10.1. The van der Waals surface area contributed by atoms with Gasteiger partial charge in [0.2, 0.25) is 0 Å². The lowest BCUT2D eigenvalue weighted by molar-refractivity contribution is 0.0867. The number of rotatable bonds is 6. The summed E-state index contributed by atoms with van der Waals surface area (Å²) in [7, 11) is 3.78. The Labute approximate surface area is 175 Å². The molecule has 0 radical (unpaired) electrons. The van der Waals surface area contributed by atoms with Gasteiger partial charge < -0.3 is 19.4 Å². The summed E-state index contributed by atoms with van der Waals surface area (Å²) in [5, 5.41) is 6.11. The van der Waals surface area contributed by atoms with E-state index < -0.39 is 0 Å². The van der Waals surface area contributed by atoms with Gasteiger partial charge in [-0.25, -0.2) is 0 Å². The highest BCUT2D eigenvalue weighted by Crippen LogP contribution is 2.29. The van der Waals surface area contributed by atoms with E-state index in [1.165, 1.54) is 4.88 Å². The van der Waals surface area contributed by atoms with Crippen molar-refractivity contribution in [3.05, 3.63) is 51.9 Å². The standard InChI is InChI=1S/C22H27N3O3S/c1-15-17-13-16(27-3)6-7-19(17)28-21(15)22(26)23-14-18(20-5-4-12-29-20)25-10-8-24(2)9-11-25/h4-7,12-13,18H,8-11,14H2,1-3H3,(H,23,26)/t18-/m1/s1. The Bertz CT molecular complexity index is 975. The number of aryl methyl sites for hydroxylation is 1. The first-order valence-electron chi connectivity index (χ1n) is 9.88. The first kappa shape index (κ1) is 19.9. The maximum Gasteiger partial charge on any atom is 0.287 e. The minimum atomic E-state index is -0.173. The Kier molecular flexibility index (Phi) is 5.89. The van der Waals surface area contributed by atoms with Crippen LogP contribution in [-0.4, -0.2) is 62.6 Å². The summed E-state index contributed by atoms with van der Waals surface area (Å²) in [4.78, 5) is 19.0. The molecule has 0 spiro atoms. The Morgan fingerprint density at radius 2 is 2.07 bits per heavy atom. The highest BCUT2D eigenvalue weighted by atomic mass is 32.1. The van der Waals surface area contributed by atoms with E-state index in [0.717, 1.165) is 42.9 Å². The van der Waals surface area contributed by atoms with Gasteiger partial charge in [-0.1, -0.05) is 6.07 Å². The van der Waals surface area contributed by atoms with Crippen LogP contribution in [0.15, 0.2) is 40.1 Å². The second kappa shape index (κ2) is 8.57. The molecular formula is C22H27N3O3S. The summed E-state index contributed by atoms with van der Waals surface area (Å²) in [6.45, 7) is 6.55. The molecule has 1 aromatic carbocycles. The van der Waals surface area contributed by atoms with Crippen molar-refractivity contribution in [2.24, 2.45) is 0 Å². The molecule has 1 saturated heterocycles. The molecule has 1 amide bonds. The van der Waals surface area contributed by atoms with Gasteiger partial charge >= 0.3 is 0 Å². The number of carbonyl (C=O) groups is 1. The third-order valence-electron chi connectivity index (χ3n) is 5.66. The van der Waals surface area contributed by atoms with Crippen molar-refractivity contribution in [1.29, 1.82) is 0 Å². The van der Waals surface area contributed by atoms with Crippen LogP contribution in [0.25, 0.3) is 11.0 Å². The van der Waals surface area contributed by atoms with Gasteiger partial charge in [0, 0.05) is 48.6 Å². The monoisotopic (exact) mass is 413 g/mol. The number of methoxy groups -OCH3 is 1. The van der Waals surface area contributed by atoms with Crippen LogP contribution in [0.4, 0.5) is 0 Å². The molecule has 1 aliphatic rings. The van der Waals surface area contributed by atoms with Crippen LogP contribution in [0.2, 0.25) is 0 Å². The van der Waals surface area contributed by atoms with Crippen molar-refractivity contribution in [3.63, 3.8) is 0 Å². The Balaban J connectivity index is 1.51. The number of hydrogen-bond donors (Lipinski definition) is 1. The third kappa shape index (κ3) is 4.17. The molecule has 2 aromatic heterocycles. The fourth-order valence-electron chi connectivity index (χ4n) is 3.84. The molecule has 4 rings (SSSR count). The lowest BCUT2D eigenvalue weighted by Gasteiger charge is -2.37. The van der Waals surface area contributed by atoms with E-state index in [4.69, 9.17) is 9.15 Å². The topological polar surface area (TPSA) is 58.0 Å². The van der Waals surface area contributed by atoms with Gasteiger partial charge in [0.1, 0.15) is 11.3 Å². The largest absolute Gasteiger partial charge is 0.497 e. The Hall–Kier alpha value is -2.35. The van der Waals surface area contributed by atoms with E-state index in [1.807, 2.05) is 25.1 Å². The molecule has 154 valence electrons. The second-order valence-corrected chi connectivity index (χ2v) is 8.48. The fourth-order valence-corrected chi connectivity index (χ4v) is 4.70. The number of hydrogen-bond acceptors (Lipinski definition) is 6. The average Bonchev–Trinajstić information content (AvgIpc) is 3.37. The minimum Gasteiger partial charge on any atom is -0.497 e. The predicted molar refractivity (Wildman–Crippen MR) is 116 cm³/mol. The van der Waals surface area contributed by atoms with Crippen LogP contribution in [-0.2, 0) is 0 Å². The molecule has 0 bridgehead atoms. The molecule has 7 heteroatoms. The second-order valence-electron chi connectivity index (χ2n) is 7.50. The average molecular weight is 414 g/mol. The SMILES string of the molecule is COc1ccc2oc(C(=O)NC[C@H](c3cccs3)N3CCN(C)CC3)c(C)c2c1. The van der Waals surface area contributed by atoms with E-state index in [0.29, 0.717) is 17.9 Å². The Morgan fingerprint density at radius 3 is 2.76 bits per heavy atom. The van der Waals surface area contributed by atoms with Crippen LogP contribution < -0.4 is 10.1 Å². The summed E-state index contributed by atoms with van der Waals surface area (Å²) in [5.74, 6) is 0.950. The Morgan fingerprint density at radius 1 is 1.28 bits per heavy atom. The molecule has 6 nitrogen and oxygen atoms in total. The van der Waals surface area contributed by atoms with Crippen molar-refractivity contribution in [2.45, 2.75) is 13.0 Å². The summed E-state index contributed by atoms with van der Waals surface area (Å²) in [6, 6.07) is 9.99. The van der Waals surface area contributed by atoms with Crippen molar-refractivity contribution >= 4 is 28.2 Å². The number of carbonyl (C=O) groups excluding carboxylic acids is 1. The van der Waals surface area contributed by atoms with Crippen LogP contribution >= 0.6 is 11.3 Å². The summed E-state index contributed by atoms with van der Waals surface area (Å²) < 4.78 is 11.1. The van der Waals surface area contributed by atoms with Gasteiger partial charge in [-0.15, -0.1) is 11.3 Å². The first-order valence-corrected chi connectivity index (χ1v) is 10.8. The number of piperazine rings is 1. The molecule has 1 atom stereocenters. The number of furan rings is 1. The summed E-state index contributed by atoms with van der Waals surface area (Å²) >= 11 is 1.74. The maximum atomic E-state index is 12.9. The van der Waals surface area contributed by atoms with Gasteiger partial charge in [-0.3, -0.25) is 9.69 Å². The molecule has 0 aliphatic carbocycles. The molecule has 1 aliphatic heterocycles. The number of nitrogens with one attached hydrogen (secondary N) is 1. The quantitative estimate of drug-likeness (QED) is 0.670. The smallest absolute Gasteiger partial charge is 0.287 e. The van der Waals surface area contributed by atoms with Crippen LogP contribution in [0.3, 0.4) is 0 Å². The lowest BCUT2D eigenvalue weighted by Crippen LogP contribution is -2.48. The number of thiophene rings is 1. The fraction of sp³-hybridized carbons (Fsp3) is 0.409. The van der Waals surface area contributed by atoms with Gasteiger partial charge in [-0.05, 0) is 43.6 Å². The van der Waals surface area contributed by atoms with Gasteiger partial charge in [0.25, 0.3) is 5.91 Å². The summed E-state index contributed by atoms with van der Waals surface area (Å²) in [5.41, 5.74) is 1.53. The van der Waals surface area contributed by atoms with Crippen molar-refractivity contribution < 1.29 is 13.9 Å². The molecule has 0 unspecified atom stereocenters. The molecular weight excluding hydrogens is 386 g/mol. The molecule has 1 N–H and O–H groups in total. The molecule has 0 saturated carbocycles. The van der Waals surface area contributed by atoms with E-state index in [1.54, 1.807) is 18.4 Å².